The van der Waals surface area contributed by atoms with Gasteiger partial charge in [0.05, 0.1) is 0 Å². The predicted octanol–water partition coefficient (Wildman–Crippen LogP) is 2.17. The third kappa shape index (κ3) is 4.28. The third-order valence-electron chi connectivity index (χ3n) is 4.79. The van der Waals surface area contributed by atoms with Crippen molar-refractivity contribution in [3.05, 3.63) is 60.2 Å². The minimum atomic E-state index is -0.481. The van der Waals surface area contributed by atoms with Crippen LogP contribution in [0.3, 0.4) is 0 Å². The molecular formula is C21H23N3O3. The van der Waals surface area contributed by atoms with E-state index in [1.165, 1.54) is 0 Å². The van der Waals surface area contributed by atoms with Gasteiger partial charge in [0.15, 0.2) is 0 Å². The van der Waals surface area contributed by atoms with E-state index >= 15 is 0 Å². The molecule has 2 aromatic carbocycles. The molecule has 6 heteroatoms. The first-order valence-electron chi connectivity index (χ1n) is 9.36. The molecule has 2 fully saturated rings. The lowest BCUT2D eigenvalue weighted by Crippen LogP contribution is -2.59. The highest BCUT2D eigenvalue weighted by Crippen LogP contribution is 2.23. The Balaban J connectivity index is 1.50. The number of piperazine rings is 1. The maximum atomic E-state index is 13.1. The lowest BCUT2D eigenvalue weighted by Gasteiger charge is -2.35. The van der Waals surface area contributed by atoms with Gasteiger partial charge in [-0.3, -0.25) is 9.59 Å². The molecule has 2 aliphatic rings. The number of carbonyl (C=O) groups is 2. The molecule has 140 valence electrons. The Labute approximate surface area is 158 Å². The van der Waals surface area contributed by atoms with Crippen molar-refractivity contribution in [1.29, 1.82) is 0 Å². The number of amides is 2. The number of ether oxygens (including phenoxy) is 1. The quantitative estimate of drug-likeness (QED) is 0.852. The van der Waals surface area contributed by atoms with Crippen molar-refractivity contribution >= 4 is 11.8 Å². The van der Waals surface area contributed by atoms with E-state index in [1.807, 2.05) is 36.4 Å². The fourth-order valence-electron chi connectivity index (χ4n) is 3.19. The zero-order valence-electron chi connectivity index (χ0n) is 15.1. The number of rotatable bonds is 5. The van der Waals surface area contributed by atoms with Crippen LogP contribution < -0.4 is 15.4 Å². The van der Waals surface area contributed by atoms with Crippen LogP contribution in [0.4, 0.5) is 0 Å². The zero-order valence-corrected chi connectivity index (χ0v) is 15.1. The summed E-state index contributed by atoms with van der Waals surface area (Å²) in [6.07, 6.45) is 2.05. The van der Waals surface area contributed by atoms with Crippen molar-refractivity contribution in [1.82, 2.24) is 15.5 Å². The van der Waals surface area contributed by atoms with Gasteiger partial charge in [0.1, 0.15) is 17.5 Å². The molecule has 4 rings (SSSR count). The van der Waals surface area contributed by atoms with Crippen LogP contribution in [-0.2, 0) is 4.79 Å². The lowest BCUT2D eigenvalue weighted by molar-refractivity contribution is -0.126. The van der Waals surface area contributed by atoms with Crippen LogP contribution in [0, 0.1) is 0 Å². The van der Waals surface area contributed by atoms with Crippen molar-refractivity contribution in [2.24, 2.45) is 0 Å². The fourth-order valence-corrected chi connectivity index (χ4v) is 3.19. The number of hydrogen-bond acceptors (Lipinski definition) is 4. The highest BCUT2D eigenvalue weighted by atomic mass is 16.5. The topological polar surface area (TPSA) is 70.7 Å². The van der Waals surface area contributed by atoms with Crippen LogP contribution >= 0.6 is 0 Å². The summed E-state index contributed by atoms with van der Waals surface area (Å²) < 4.78 is 5.83. The SMILES string of the molecule is O=C(NC1CC1)[C@H]1CNCCN1C(=O)c1cccc(Oc2ccccc2)c1. The van der Waals surface area contributed by atoms with E-state index in [9.17, 15) is 9.59 Å². The average Bonchev–Trinajstić information content (AvgIpc) is 3.52. The van der Waals surface area contributed by atoms with Gasteiger partial charge in [-0.1, -0.05) is 24.3 Å². The minimum absolute atomic E-state index is 0.0743. The highest BCUT2D eigenvalue weighted by molar-refractivity contribution is 5.98. The first-order chi connectivity index (χ1) is 13.2. The fraction of sp³-hybridized carbons (Fsp3) is 0.333. The Morgan fingerprint density at radius 3 is 2.59 bits per heavy atom. The molecule has 2 N–H and O–H groups in total. The van der Waals surface area contributed by atoms with E-state index in [-0.39, 0.29) is 17.9 Å². The summed E-state index contributed by atoms with van der Waals surface area (Å²) in [5, 5.41) is 6.22. The van der Waals surface area contributed by atoms with Crippen LogP contribution in [0.1, 0.15) is 23.2 Å². The van der Waals surface area contributed by atoms with Gasteiger partial charge in [-0.2, -0.15) is 0 Å². The Bertz CT molecular complexity index is 820. The molecule has 1 aliphatic carbocycles. The number of carbonyl (C=O) groups excluding carboxylic acids is 2. The van der Waals surface area contributed by atoms with Crippen molar-refractivity contribution in [2.45, 2.75) is 24.9 Å². The molecule has 1 saturated heterocycles. The second-order valence-electron chi connectivity index (χ2n) is 6.94. The second kappa shape index (κ2) is 7.80. The highest BCUT2D eigenvalue weighted by Gasteiger charge is 2.35. The predicted molar refractivity (Wildman–Crippen MR) is 102 cm³/mol. The van der Waals surface area contributed by atoms with Gasteiger partial charge >= 0.3 is 0 Å². The normalized spacial score (nSPS) is 19.4. The van der Waals surface area contributed by atoms with Gasteiger partial charge in [0.2, 0.25) is 5.91 Å². The first-order valence-corrected chi connectivity index (χ1v) is 9.36. The van der Waals surface area contributed by atoms with Crippen LogP contribution in [0.15, 0.2) is 54.6 Å². The van der Waals surface area contributed by atoms with Crippen LogP contribution in [0.2, 0.25) is 0 Å². The molecule has 0 bridgehead atoms. The summed E-state index contributed by atoms with van der Waals surface area (Å²) in [6, 6.07) is 16.3. The second-order valence-corrected chi connectivity index (χ2v) is 6.94. The molecule has 0 spiro atoms. The Morgan fingerprint density at radius 1 is 1.04 bits per heavy atom. The van der Waals surface area contributed by atoms with Crippen LogP contribution in [0.5, 0.6) is 11.5 Å². The molecular weight excluding hydrogens is 342 g/mol. The summed E-state index contributed by atoms with van der Waals surface area (Å²) >= 11 is 0. The van der Waals surface area contributed by atoms with E-state index in [4.69, 9.17) is 4.74 Å². The van der Waals surface area contributed by atoms with E-state index in [1.54, 1.807) is 23.1 Å². The number of nitrogens with zero attached hydrogens (tertiary/aromatic N) is 1. The summed E-state index contributed by atoms with van der Waals surface area (Å²) in [4.78, 5) is 27.3. The van der Waals surface area contributed by atoms with Gasteiger partial charge < -0.3 is 20.3 Å². The standard InChI is InChI=1S/C21H23N3O3/c25-20(23-16-9-10-16)19-14-22-11-12-24(19)21(26)15-5-4-8-18(13-15)27-17-6-2-1-3-7-17/h1-8,13,16,19,22H,9-12,14H2,(H,23,25)/t19-/m1/s1. The molecule has 2 aromatic rings. The van der Waals surface area contributed by atoms with Crippen molar-refractivity contribution in [3.63, 3.8) is 0 Å². The molecule has 0 unspecified atom stereocenters. The summed E-state index contributed by atoms with van der Waals surface area (Å²) in [6.45, 7) is 1.66. The van der Waals surface area contributed by atoms with Crippen LogP contribution in [0.25, 0.3) is 0 Å². The number of benzene rings is 2. The number of para-hydroxylation sites is 1. The third-order valence-corrected chi connectivity index (χ3v) is 4.79. The molecule has 1 atom stereocenters. The zero-order chi connectivity index (χ0) is 18.6. The lowest BCUT2D eigenvalue weighted by atomic mass is 10.1. The summed E-state index contributed by atoms with van der Waals surface area (Å²) in [5.41, 5.74) is 0.523. The Hall–Kier alpha value is -2.86. The first kappa shape index (κ1) is 17.5. The maximum absolute atomic E-state index is 13.1. The van der Waals surface area contributed by atoms with Crippen molar-refractivity contribution in [3.8, 4) is 11.5 Å². The smallest absolute Gasteiger partial charge is 0.254 e. The minimum Gasteiger partial charge on any atom is -0.457 e. The maximum Gasteiger partial charge on any atom is 0.254 e. The molecule has 0 radical (unpaired) electrons. The van der Waals surface area contributed by atoms with Gasteiger partial charge in [0.25, 0.3) is 5.91 Å². The van der Waals surface area contributed by atoms with E-state index in [0.717, 1.165) is 12.8 Å². The molecule has 27 heavy (non-hydrogen) atoms. The van der Waals surface area contributed by atoms with Gasteiger partial charge in [-0.25, -0.2) is 0 Å². The molecule has 1 saturated carbocycles. The van der Waals surface area contributed by atoms with Crippen molar-refractivity contribution < 1.29 is 14.3 Å². The number of hydrogen-bond donors (Lipinski definition) is 2. The molecule has 6 nitrogen and oxygen atoms in total. The van der Waals surface area contributed by atoms with Gasteiger partial charge in [0, 0.05) is 31.2 Å². The monoisotopic (exact) mass is 365 g/mol. The summed E-state index contributed by atoms with van der Waals surface area (Å²) in [7, 11) is 0. The molecule has 1 aliphatic heterocycles. The largest absolute Gasteiger partial charge is 0.457 e. The average molecular weight is 365 g/mol. The summed E-state index contributed by atoms with van der Waals surface area (Å²) in [5.74, 6) is 1.09. The van der Waals surface area contributed by atoms with E-state index < -0.39 is 6.04 Å². The number of nitrogens with one attached hydrogen (secondary N) is 2. The van der Waals surface area contributed by atoms with Crippen LogP contribution in [-0.4, -0.2) is 48.4 Å². The molecule has 2 amide bonds. The van der Waals surface area contributed by atoms with Gasteiger partial charge in [-0.05, 0) is 43.2 Å². The van der Waals surface area contributed by atoms with E-state index in [2.05, 4.69) is 10.6 Å². The van der Waals surface area contributed by atoms with E-state index in [0.29, 0.717) is 36.7 Å². The van der Waals surface area contributed by atoms with Gasteiger partial charge in [-0.15, -0.1) is 0 Å². The van der Waals surface area contributed by atoms with Crippen molar-refractivity contribution in [2.75, 3.05) is 19.6 Å². The Morgan fingerprint density at radius 2 is 1.81 bits per heavy atom. The molecule has 1 heterocycles. The Kier molecular flexibility index (Phi) is 5.07. The molecule has 0 aromatic heterocycles.